The first-order valence-electron chi connectivity index (χ1n) is 8.28. The molecule has 5 nitrogen and oxygen atoms in total. The fourth-order valence-electron chi connectivity index (χ4n) is 3.01. The lowest BCUT2D eigenvalue weighted by molar-refractivity contribution is -0.274. The standard InChI is InChI=1S/C20H14F3N3O2/c1-27-14-6-2-4-12(10-14)18-17-16(8-9-24-18)25-26-19(17)13-5-3-7-15(11-13)28-20(21,22)23/h2-11H,1H3,(H,25,26). The molecule has 28 heavy (non-hydrogen) atoms. The second-order valence-corrected chi connectivity index (χ2v) is 5.96. The molecule has 8 heteroatoms. The Labute approximate surface area is 157 Å². The molecule has 2 heterocycles. The molecule has 142 valence electrons. The van der Waals surface area contributed by atoms with Crippen molar-refractivity contribution in [3.8, 4) is 34.0 Å². The highest BCUT2D eigenvalue weighted by Crippen LogP contribution is 2.36. The summed E-state index contributed by atoms with van der Waals surface area (Å²) in [6.07, 6.45) is -3.12. The SMILES string of the molecule is COc1cccc(-c2nccc3[nH]nc(-c4cccc(OC(F)(F)F)c4)c23)c1. The van der Waals surface area contributed by atoms with Gasteiger partial charge in [-0.25, -0.2) is 0 Å². The maximum absolute atomic E-state index is 12.6. The van der Waals surface area contributed by atoms with Crippen LogP contribution in [0.25, 0.3) is 33.4 Å². The van der Waals surface area contributed by atoms with Crippen molar-refractivity contribution in [3.05, 3.63) is 60.8 Å². The van der Waals surface area contributed by atoms with E-state index in [2.05, 4.69) is 19.9 Å². The van der Waals surface area contributed by atoms with E-state index in [1.165, 1.54) is 18.2 Å². The third-order valence-electron chi connectivity index (χ3n) is 4.16. The summed E-state index contributed by atoms with van der Waals surface area (Å²) in [6, 6.07) is 14.8. The van der Waals surface area contributed by atoms with Gasteiger partial charge in [0.1, 0.15) is 17.2 Å². The van der Waals surface area contributed by atoms with Gasteiger partial charge in [-0.15, -0.1) is 13.2 Å². The first-order valence-corrected chi connectivity index (χ1v) is 8.28. The lowest BCUT2D eigenvalue weighted by Gasteiger charge is -2.10. The molecule has 4 aromatic rings. The van der Waals surface area contributed by atoms with E-state index in [9.17, 15) is 13.2 Å². The number of hydrogen-bond acceptors (Lipinski definition) is 4. The van der Waals surface area contributed by atoms with Crippen LogP contribution in [0.1, 0.15) is 0 Å². The van der Waals surface area contributed by atoms with E-state index in [1.807, 2.05) is 24.3 Å². The Balaban J connectivity index is 1.87. The number of H-pyrrole nitrogens is 1. The van der Waals surface area contributed by atoms with Gasteiger partial charge in [-0.2, -0.15) is 5.10 Å². The van der Waals surface area contributed by atoms with Crippen LogP contribution in [-0.4, -0.2) is 28.7 Å². The molecule has 0 radical (unpaired) electrons. The van der Waals surface area contributed by atoms with Crippen LogP contribution in [-0.2, 0) is 0 Å². The fourth-order valence-corrected chi connectivity index (χ4v) is 3.01. The molecule has 2 aromatic carbocycles. The van der Waals surface area contributed by atoms with E-state index in [-0.39, 0.29) is 5.75 Å². The zero-order valence-corrected chi connectivity index (χ0v) is 14.6. The van der Waals surface area contributed by atoms with E-state index in [0.29, 0.717) is 33.6 Å². The number of nitrogens with one attached hydrogen (secondary N) is 1. The number of pyridine rings is 1. The van der Waals surface area contributed by atoms with Gasteiger partial charge in [0.05, 0.1) is 23.7 Å². The van der Waals surface area contributed by atoms with E-state index >= 15 is 0 Å². The summed E-state index contributed by atoms with van der Waals surface area (Å²) in [5.41, 5.74) is 3.11. The Bertz CT molecular complexity index is 1140. The molecule has 0 aliphatic rings. The van der Waals surface area contributed by atoms with Gasteiger partial charge in [0.25, 0.3) is 0 Å². The van der Waals surface area contributed by atoms with Crippen LogP contribution in [0.2, 0.25) is 0 Å². The third kappa shape index (κ3) is 3.48. The number of benzene rings is 2. The number of aromatic nitrogens is 3. The molecular formula is C20H14F3N3O2. The van der Waals surface area contributed by atoms with Crippen molar-refractivity contribution in [2.24, 2.45) is 0 Å². The second-order valence-electron chi connectivity index (χ2n) is 5.96. The molecule has 0 bridgehead atoms. The van der Waals surface area contributed by atoms with Gasteiger partial charge in [0, 0.05) is 17.3 Å². The monoisotopic (exact) mass is 385 g/mol. The maximum atomic E-state index is 12.6. The maximum Gasteiger partial charge on any atom is 0.573 e. The number of methoxy groups -OCH3 is 1. The molecule has 0 saturated heterocycles. The minimum atomic E-state index is -4.76. The van der Waals surface area contributed by atoms with E-state index in [4.69, 9.17) is 4.74 Å². The third-order valence-corrected chi connectivity index (χ3v) is 4.16. The minimum Gasteiger partial charge on any atom is -0.497 e. The van der Waals surface area contributed by atoms with Gasteiger partial charge in [-0.3, -0.25) is 10.1 Å². The number of halogens is 3. The van der Waals surface area contributed by atoms with Gasteiger partial charge in [0.15, 0.2) is 0 Å². The molecule has 0 spiro atoms. The molecule has 0 unspecified atom stereocenters. The summed E-state index contributed by atoms with van der Waals surface area (Å²) in [5, 5.41) is 7.90. The lowest BCUT2D eigenvalue weighted by atomic mass is 10.0. The van der Waals surface area contributed by atoms with Crippen molar-refractivity contribution in [1.82, 2.24) is 15.2 Å². The van der Waals surface area contributed by atoms with Crippen molar-refractivity contribution in [3.63, 3.8) is 0 Å². The average molecular weight is 385 g/mol. The van der Waals surface area contributed by atoms with Gasteiger partial charge in [0.2, 0.25) is 0 Å². The Morgan fingerprint density at radius 2 is 1.57 bits per heavy atom. The summed E-state index contributed by atoms with van der Waals surface area (Å²) in [6.45, 7) is 0. The number of hydrogen-bond donors (Lipinski definition) is 1. The van der Waals surface area contributed by atoms with Gasteiger partial charge in [-0.05, 0) is 30.3 Å². The predicted molar refractivity (Wildman–Crippen MR) is 98.0 cm³/mol. The van der Waals surface area contributed by atoms with Gasteiger partial charge < -0.3 is 9.47 Å². The summed E-state index contributed by atoms with van der Waals surface area (Å²) in [4.78, 5) is 4.47. The predicted octanol–water partition coefficient (Wildman–Crippen LogP) is 5.20. The van der Waals surface area contributed by atoms with Crippen molar-refractivity contribution < 1.29 is 22.6 Å². The van der Waals surface area contributed by atoms with Crippen LogP contribution in [0.3, 0.4) is 0 Å². The molecular weight excluding hydrogens is 371 g/mol. The molecule has 0 fully saturated rings. The van der Waals surface area contributed by atoms with Crippen molar-refractivity contribution in [2.75, 3.05) is 7.11 Å². The van der Waals surface area contributed by atoms with Gasteiger partial charge >= 0.3 is 6.36 Å². The molecule has 0 atom stereocenters. The van der Waals surface area contributed by atoms with Crippen molar-refractivity contribution in [1.29, 1.82) is 0 Å². The van der Waals surface area contributed by atoms with Crippen LogP contribution in [0.4, 0.5) is 13.2 Å². The first kappa shape index (κ1) is 17.8. The smallest absolute Gasteiger partial charge is 0.497 e. The summed E-state index contributed by atoms with van der Waals surface area (Å²) < 4.78 is 47.0. The largest absolute Gasteiger partial charge is 0.573 e. The Morgan fingerprint density at radius 1 is 0.893 bits per heavy atom. The lowest BCUT2D eigenvalue weighted by Crippen LogP contribution is -2.17. The highest BCUT2D eigenvalue weighted by Gasteiger charge is 2.31. The topological polar surface area (TPSA) is 60.0 Å². The normalized spacial score (nSPS) is 11.6. The van der Waals surface area contributed by atoms with Crippen LogP contribution >= 0.6 is 0 Å². The van der Waals surface area contributed by atoms with Crippen molar-refractivity contribution >= 4 is 10.9 Å². The highest BCUT2D eigenvalue weighted by atomic mass is 19.4. The van der Waals surface area contributed by atoms with Crippen molar-refractivity contribution in [2.45, 2.75) is 6.36 Å². The molecule has 0 amide bonds. The Kier molecular flexibility index (Phi) is 4.38. The first-order chi connectivity index (χ1) is 13.4. The Hall–Kier alpha value is -3.55. The van der Waals surface area contributed by atoms with E-state index in [1.54, 1.807) is 25.4 Å². The molecule has 2 aromatic heterocycles. The summed E-state index contributed by atoms with van der Waals surface area (Å²) >= 11 is 0. The van der Waals surface area contributed by atoms with Crippen LogP contribution < -0.4 is 9.47 Å². The molecule has 0 aliphatic carbocycles. The van der Waals surface area contributed by atoms with Crippen LogP contribution in [0.15, 0.2) is 60.8 Å². The van der Waals surface area contributed by atoms with E-state index in [0.717, 1.165) is 5.56 Å². The molecule has 0 saturated carbocycles. The number of nitrogens with zero attached hydrogens (tertiary/aromatic N) is 2. The molecule has 4 rings (SSSR count). The van der Waals surface area contributed by atoms with E-state index < -0.39 is 6.36 Å². The number of aromatic amines is 1. The second kappa shape index (κ2) is 6.88. The van der Waals surface area contributed by atoms with Crippen LogP contribution in [0.5, 0.6) is 11.5 Å². The van der Waals surface area contributed by atoms with Crippen LogP contribution in [0, 0.1) is 0 Å². The summed E-state index contributed by atoms with van der Waals surface area (Å²) in [5.74, 6) is 0.356. The number of ether oxygens (including phenoxy) is 2. The van der Waals surface area contributed by atoms with Gasteiger partial charge in [-0.1, -0.05) is 24.3 Å². The number of fused-ring (bicyclic) bond motifs is 1. The quantitative estimate of drug-likeness (QED) is 0.525. The fraction of sp³-hybridized carbons (Fsp3) is 0.100. The molecule has 1 N–H and O–H groups in total. The average Bonchev–Trinajstić information content (AvgIpc) is 3.11. The number of rotatable bonds is 4. The number of alkyl halides is 3. The highest BCUT2D eigenvalue weighted by molar-refractivity contribution is 6.02. The summed E-state index contributed by atoms with van der Waals surface area (Å²) in [7, 11) is 1.57. The molecule has 0 aliphatic heterocycles. The zero-order chi connectivity index (χ0) is 19.7. The minimum absolute atomic E-state index is 0.312. The Morgan fingerprint density at radius 3 is 2.29 bits per heavy atom. The zero-order valence-electron chi connectivity index (χ0n) is 14.6.